The highest BCUT2D eigenvalue weighted by Gasteiger charge is 2.30. The monoisotopic (exact) mass is 308 g/mol. The van der Waals surface area contributed by atoms with Gasteiger partial charge in [0, 0.05) is 12.2 Å². The molecule has 1 aromatic rings. The van der Waals surface area contributed by atoms with Gasteiger partial charge in [-0.3, -0.25) is 0 Å². The SMILES string of the molecule is COc1cc(C2=C[C@@H]3NCCC[C@@H]3C2)cnc1Br. The maximum atomic E-state index is 5.31. The Morgan fingerprint density at radius 1 is 1.50 bits per heavy atom. The van der Waals surface area contributed by atoms with Crippen LogP contribution in [0.1, 0.15) is 24.8 Å². The van der Waals surface area contributed by atoms with E-state index in [0.717, 1.165) is 29.2 Å². The number of hydrogen-bond acceptors (Lipinski definition) is 3. The molecule has 4 heteroatoms. The number of hydrogen-bond donors (Lipinski definition) is 1. The zero-order valence-corrected chi connectivity index (χ0v) is 12.0. The van der Waals surface area contributed by atoms with Crippen LogP contribution in [0.2, 0.25) is 0 Å². The highest BCUT2D eigenvalue weighted by molar-refractivity contribution is 9.10. The second-order valence-corrected chi connectivity index (χ2v) is 5.75. The van der Waals surface area contributed by atoms with E-state index in [1.54, 1.807) is 7.11 Å². The molecule has 3 nitrogen and oxygen atoms in total. The summed E-state index contributed by atoms with van der Waals surface area (Å²) in [4.78, 5) is 4.34. The summed E-state index contributed by atoms with van der Waals surface area (Å²) < 4.78 is 6.08. The number of rotatable bonds is 2. The molecule has 1 aliphatic carbocycles. The molecule has 0 aromatic carbocycles. The summed E-state index contributed by atoms with van der Waals surface area (Å²) in [7, 11) is 1.68. The molecule has 2 heterocycles. The van der Waals surface area contributed by atoms with Gasteiger partial charge in [-0.05, 0) is 64.9 Å². The molecule has 0 spiro atoms. The number of aromatic nitrogens is 1. The standard InChI is InChI=1S/C14H17BrN2O/c1-18-13-7-11(8-17-14(13)15)10-5-9-3-2-4-16-12(9)6-10/h6-9,12,16H,2-5H2,1H3/t9-,12+/m1/s1. The molecule has 0 saturated carbocycles. The Morgan fingerprint density at radius 3 is 3.17 bits per heavy atom. The molecule has 0 radical (unpaired) electrons. The van der Waals surface area contributed by atoms with Crippen molar-refractivity contribution in [1.82, 2.24) is 10.3 Å². The van der Waals surface area contributed by atoms with Crippen molar-refractivity contribution >= 4 is 21.5 Å². The van der Waals surface area contributed by atoms with Gasteiger partial charge in [0.1, 0.15) is 4.60 Å². The first-order chi connectivity index (χ1) is 8.78. The molecule has 1 aromatic heterocycles. The number of piperidine rings is 1. The van der Waals surface area contributed by atoms with Gasteiger partial charge in [0.05, 0.1) is 7.11 Å². The molecule has 96 valence electrons. The quantitative estimate of drug-likeness (QED) is 0.853. The third-order valence-electron chi connectivity index (χ3n) is 3.90. The molecular weight excluding hydrogens is 292 g/mol. The molecule has 2 atom stereocenters. The number of pyridine rings is 1. The smallest absolute Gasteiger partial charge is 0.152 e. The van der Waals surface area contributed by atoms with Crippen LogP contribution in [-0.4, -0.2) is 24.7 Å². The summed E-state index contributed by atoms with van der Waals surface area (Å²) in [6.45, 7) is 1.15. The number of halogens is 1. The fourth-order valence-electron chi connectivity index (χ4n) is 2.93. The third-order valence-corrected chi connectivity index (χ3v) is 4.50. The Balaban J connectivity index is 1.87. The van der Waals surface area contributed by atoms with Crippen LogP contribution in [0.5, 0.6) is 5.75 Å². The number of methoxy groups -OCH3 is 1. The number of nitrogens with one attached hydrogen (secondary N) is 1. The Morgan fingerprint density at radius 2 is 2.39 bits per heavy atom. The van der Waals surface area contributed by atoms with Crippen LogP contribution >= 0.6 is 15.9 Å². The fraction of sp³-hybridized carbons (Fsp3) is 0.500. The average molecular weight is 309 g/mol. The van der Waals surface area contributed by atoms with Crippen LogP contribution in [0.15, 0.2) is 22.9 Å². The molecular formula is C14H17BrN2O. The van der Waals surface area contributed by atoms with Crippen LogP contribution in [-0.2, 0) is 0 Å². The summed E-state index contributed by atoms with van der Waals surface area (Å²) in [6.07, 6.45) is 8.08. The highest BCUT2D eigenvalue weighted by Crippen LogP contribution is 2.38. The number of fused-ring (bicyclic) bond motifs is 1. The predicted molar refractivity (Wildman–Crippen MR) is 75.6 cm³/mol. The second kappa shape index (κ2) is 5.02. The first-order valence-electron chi connectivity index (χ1n) is 6.42. The Labute approximate surface area is 116 Å². The Bertz CT molecular complexity index is 487. The first kappa shape index (κ1) is 12.2. The van der Waals surface area contributed by atoms with Crippen molar-refractivity contribution in [2.24, 2.45) is 5.92 Å². The molecule has 1 fully saturated rings. The lowest BCUT2D eigenvalue weighted by Gasteiger charge is -2.25. The summed E-state index contributed by atoms with van der Waals surface area (Å²) in [5, 5.41) is 3.58. The maximum Gasteiger partial charge on any atom is 0.152 e. The van der Waals surface area contributed by atoms with Gasteiger partial charge in [-0.15, -0.1) is 0 Å². The minimum absolute atomic E-state index is 0.559. The molecule has 1 aliphatic heterocycles. The van der Waals surface area contributed by atoms with E-state index in [1.807, 2.05) is 6.20 Å². The minimum Gasteiger partial charge on any atom is -0.494 e. The molecule has 3 rings (SSSR count). The van der Waals surface area contributed by atoms with Crippen molar-refractivity contribution in [3.63, 3.8) is 0 Å². The van der Waals surface area contributed by atoms with Crippen molar-refractivity contribution in [1.29, 1.82) is 0 Å². The zero-order chi connectivity index (χ0) is 12.5. The summed E-state index contributed by atoms with van der Waals surface area (Å²) >= 11 is 3.39. The van der Waals surface area contributed by atoms with Crippen LogP contribution in [0.4, 0.5) is 0 Å². The highest BCUT2D eigenvalue weighted by atomic mass is 79.9. The third kappa shape index (κ3) is 2.19. The molecule has 2 aliphatic rings. The average Bonchev–Trinajstić information content (AvgIpc) is 2.83. The molecule has 18 heavy (non-hydrogen) atoms. The van der Waals surface area contributed by atoms with Crippen molar-refractivity contribution in [3.8, 4) is 5.75 Å². The Kier molecular flexibility index (Phi) is 3.39. The van der Waals surface area contributed by atoms with Crippen molar-refractivity contribution < 1.29 is 4.74 Å². The summed E-state index contributed by atoms with van der Waals surface area (Å²) in [5.74, 6) is 1.57. The normalized spacial score (nSPS) is 26.7. The van der Waals surface area contributed by atoms with Crippen LogP contribution in [0.3, 0.4) is 0 Å². The van der Waals surface area contributed by atoms with Gasteiger partial charge in [-0.25, -0.2) is 4.98 Å². The molecule has 0 amide bonds. The lowest BCUT2D eigenvalue weighted by Crippen LogP contribution is -2.37. The lowest BCUT2D eigenvalue weighted by molar-refractivity contribution is 0.341. The molecule has 1 N–H and O–H groups in total. The van der Waals surface area contributed by atoms with E-state index in [9.17, 15) is 0 Å². The van der Waals surface area contributed by atoms with Crippen LogP contribution in [0.25, 0.3) is 5.57 Å². The largest absolute Gasteiger partial charge is 0.494 e. The summed E-state index contributed by atoms with van der Waals surface area (Å²) in [5.41, 5.74) is 2.59. The van der Waals surface area contributed by atoms with Gasteiger partial charge in [0.2, 0.25) is 0 Å². The van der Waals surface area contributed by atoms with Gasteiger partial charge in [0.15, 0.2) is 5.75 Å². The van der Waals surface area contributed by atoms with Gasteiger partial charge < -0.3 is 10.1 Å². The van der Waals surface area contributed by atoms with Gasteiger partial charge >= 0.3 is 0 Å². The van der Waals surface area contributed by atoms with E-state index in [-0.39, 0.29) is 0 Å². The van der Waals surface area contributed by atoms with Gasteiger partial charge in [-0.1, -0.05) is 6.08 Å². The molecule has 0 bridgehead atoms. The van der Waals surface area contributed by atoms with Crippen LogP contribution < -0.4 is 10.1 Å². The molecule has 0 unspecified atom stereocenters. The second-order valence-electron chi connectivity index (χ2n) is 5.00. The van der Waals surface area contributed by atoms with E-state index in [1.165, 1.54) is 24.0 Å². The van der Waals surface area contributed by atoms with Crippen molar-refractivity contribution in [3.05, 3.63) is 28.5 Å². The van der Waals surface area contributed by atoms with E-state index in [4.69, 9.17) is 4.74 Å². The number of nitrogens with zero attached hydrogens (tertiary/aromatic N) is 1. The number of allylic oxidation sites excluding steroid dienone is 1. The van der Waals surface area contributed by atoms with Gasteiger partial charge in [0.25, 0.3) is 0 Å². The van der Waals surface area contributed by atoms with E-state index < -0.39 is 0 Å². The fourth-order valence-corrected chi connectivity index (χ4v) is 3.31. The maximum absolute atomic E-state index is 5.31. The lowest BCUT2D eigenvalue weighted by atomic mass is 9.92. The number of ether oxygens (including phenoxy) is 1. The van der Waals surface area contributed by atoms with Crippen molar-refractivity contribution in [2.75, 3.05) is 13.7 Å². The van der Waals surface area contributed by atoms with Crippen LogP contribution in [0, 0.1) is 5.92 Å². The van der Waals surface area contributed by atoms with E-state index in [0.29, 0.717) is 6.04 Å². The zero-order valence-electron chi connectivity index (χ0n) is 10.4. The van der Waals surface area contributed by atoms with Crippen molar-refractivity contribution in [2.45, 2.75) is 25.3 Å². The summed E-state index contributed by atoms with van der Waals surface area (Å²) in [6, 6.07) is 2.63. The topological polar surface area (TPSA) is 34.1 Å². The Hall–Kier alpha value is -0.870. The van der Waals surface area contributed by atoms with E-state index in [2.05, 4.69) is 38.4 Å². The molecule has 1 saturated heterocycles. The predicted octanol–water partition coefficient (Wildman–Crippen LogP) is 3.01. The minimum atomic E-state index is 0.559. The first-order valence-corrected chi connectivity index (χ1v) is 7.21. The van der Waals surface area contributed by atoms with Gasteiger partial charge in [-0.2, -0.15) is 0 Å². The van der Waals surface area contributed by atoms with E-state index >= 15 is 0 Å².